The quantitative estimate of drug-likeness (QED) is 0.719. The second kappa shape index (κ2) is 3.36. The highest BCUT2D eigenvalue weighted by molar-refractivity contribution is 5.97. The summed E-state index contributed by atoms with van der Waals surface area (Å²) in [6, 6.07) is 0. The number of alkyl halides is 1. The first-order chi connectivity index (χ1) is 6.81. The van der Waals surface area contributed by atoms with Gasteiger partial charge in [0, 0.05) is 0 Å². The molecule has 6 nitrogen and oxygen atoms in total. The van der Waals surface area contributed by atoms with E-state index >= 15 is 0 Å². The summed E-state index contributed by atoms with van der Waals surface area (Å²) < 4.78 is 11.9. The van der Waals surface area contributed by atoms with Gasteiger partial charge in [0.1, 0.15) is 11.8 Å². The van der Waals surface area contributed by atoms with Crippen LogP contribution in [-0.2, 0) is 4.79 Å². The van der Waals surface area contributed by atoms with Crippen molar-refractivity contribution in [3.8, 4) is 0 Å². The SMILES string of the molecule is O=C(CF)Nc1ncnc2nc[nH]c12. The number of nitrogens with one attached hydrogen (secondary N) is 2. The van der Waals surface area contributed by atoms with Gasteiger partial charge in [0.25, 0.3) is 5.91 Å². The number of imidazole rings is 1. The number of H-pyrrole nitrogens is 1. The summed E-state index contributed by atoms with van der Waals surface area (Å²) in [6.45, 7) is -1.08. The van der Waals surface area contributed by atoms with E-state index in [1.165, 1.54) is 12.7 Å². The predicted molar refractivity (Wildman–Crippen MR) is 46.3 cm³/mol. The number of aromatic amines is 1. The number of hydrogen-bond donors (Lipinski definition) is 2. The van der Waals surface area contributed by atoms with E-state index in [1.807, 2.05) is 0 Å². The van der Waals surface area contributed by atoms with Crippen molar-refractivity contribution in [2.75, 3.05) is 12.0 Å². The Balaban J connectivity index is 2.41. The van der Waals surface area contributed by atoms with Crippen molar-refractivity contribution in [3.63, 3.8) is 0 Å². The van der Waals surface area contributed by atoms with Crippen LogP contribution in [0.15, 0.2) is 12.7 Å². The van der Waals surface area contributed by atoms with Crippen LogP contribution in [0, 0.1) is 0 Å². The summed E-state index contributed by atoms with van der Waals surface area (Å²) in [5, 5.41) is 2.28. The van der Waals surface area contributed by atoms with Gasteiger partial charge in [0.05, 0.1) is 6.33 Å². The standard InChI is InChI=1S/C7H6FN5O/c8-1-4(14)13-7-5-6(10-2-9-5)11-3-12-7/h2-3H,1H2,(H2,9,10,11,12,13,14). The van der Waals surface area contributed by atoms with Gasteiger partial charge < -0.3 is 10.3 Å². The van der Waals surface area contributed by atoms with E-state index in [0.29, 0.717) is 11.2 Å². The van der Waals surface area contributed by atoms with Crippen LogP contribution in [0.1, 0.15) is 0 Å². The summed E-state index contributed by atoms with van der Waals surface area (Å²) in [5.41, 5.74) is 0.906. The number of amides is 1. The number of anilines is 1. The molecule has 0 aliphatic carbocycles. The summed E-state index contributed by atoms with van der Waals surface area (Å²) in [7, 11) is 0. The molecule has 0 spiro atoms. The number of halogens is 1. The Hall–Kier alpha value is -2.05. The fourth-order valence-electron chi connectivity index (χ4n) is 1.03. The molecule has 2 aromatic heterocycles. The van der Waals surface area contributed by atoms with E-state index in [1.54, 1.807) is 0 Å². The molecule has 0 bridgehead atoms. The average Bonchev–Trinajstić information content (AvgIpc) is 2.66. The van der Waals surface area contributed by atoms with Crippen LogP contribution in [0.3, 0.4) is 0 Å². The van der Waals surface area contributed by atoms with Gasteiger partial charge in [-0.25, -0.2) is 19.3 Å². The number of hydrogen-bond acceptors (Lipinski definition) is 4. The van der Waals surface area contributed by atoms with Gasteiger partial charge in [-0.3, -0.25) is 4.79 Å². The van der Waals surface area contributed by atoms with Crippen molar-refractivity contribution in [1.29, 1.82) is 0 Å². The molecule has 0 atom stereocenters. The Labute approximate surface area is 77.6 Å². The Morgan fingerprint density at radius 3 is 3.14 bits per heavy atom. The van der Waals surface area contributed by atoms with E-state index < -0.39 is 12.6 Å². The van der Waals surface area contributed by atoms with Gasteiger partial charge in [-0.05, 0) is 0 Å². The molecule has 1 amide bonds. The number of nitrogens with zero attached hydrogens (tertiary/aromatic N) is 3. The molecule has 7 heteroatoms. The normalized spacial score (nSPS) is 10.4. The third kappa shape index (κ3) is 1.39. The van der Waals surface area contributed by atoms with Gasteiger partial charge in [0.15, 0.2) is 18.1 Å². The van der Waals surface area contributed by atoms with E-state index in [0.717, 1.165) is 0 Å². The number of rotatable bonds is 2. The molecular formula is C7H6FN5O. The van der Waals surface area contributed by atoms with Crippen LogP contribution in [0.25, 0.3) is 11.2 Å². The largest absolute Gasteiger partial charge is 0.340 e. The minimum Gasteiger partial charge on any atom is -0.340 e. The Kier molecular flexibility index (Phi) is 2.05. The molecule has 0 radical (unpaired) electrons. The van der Waals surface area contributed by atoms with Crippen molar-refractivity contribution in [2.45, 2.75) is 0 Å². The summed E-state index contributed by atoms with van der Waals surface area (Å²) >= 11 is 0. The summed E-state index contributed by atoms with van der Waals surface area (Å²) in [5.74, 6) is -0.519. The lowest BCUT2D eigenvalue weighted by molar-refractivity contribution is -0.117. The molecule has 2 aromatic rings. The molecule has 2 rings (SSSR count). The minimum absolute atomic E-state index is 0.232. The molecular weight excluding hydrogens is 189 g/mol. The molecule has 2 N–H and O–H groups in total. The first-order valence-electron chi connectivity index (χ1n) is 3.81. The zero-order chi connectivity index (χ0) is 9.97. The average molecular weight is 195 g/mol. The summed E-state index contributed by atoms with van der Waals surface area (Å²) in [4.78, 5) is 25.0. The third-order valence-corrected chi connectivity index (χ3v) is 1.60. The number of fused-ring (bicyclic) bond motifs is 1. The highest BCUT2D eigenvalue weighted by Gasteiger charge is 2.08. The van der Waals surface area contributed by atoms with Crippen LogP contribution in [0.5, 0.6) is 0 Å². The van der Waals surface area contributed by atoms with Gasteiger partial charge in [-0.2, -0.15) is 0 Å². The van der Waals surface area contributed by atoms with Crippen LogP contribution in [0.4, 0.5) is 10.2 Å². The highest BCUT2D eigenvalue weighted by Crippen LogP contribution is 2.13. The summed E-state index contributed by atoms with van der Waals surface area (Å²) in [6.07, 6.45) is 2.67. The molecule has 2 heterocycles. The highest BCUT2D eigenvalue weighted by atomic mass is 19.1. The minimum atomic E-state index is -1.08. The smallest absolute Gasteiger partial charge is 0.256 e. The van der Waals surface area contributed by atoms with Gasteiger partial charge in [-0.1, -0.05) is 0 Å². The zero-order valence-corrected chi connectivity index (χ0v) is 6.99. The van der Waals surface area contributed by atoms with E-state index in [9.17, 15) is 9.18 Å². The fourth-order valence-corrected chi connectivity index (χ4v) is 1.03. The Morgan fingerprint density at radius 2 is 2.36 bits per heavy atom. The first kappa shape index (κ1) is 8.54. The van der Waals surface area contributed by atoms with Crippen molar-refractivity contribution in [2.24, 2.45) is 0 Å². The molecule has 0 saturated heterocycles. The van der Waals surface area contributed by atoms with Crippen molar-refractivity contribution in [3.05, 3.63) is 12.7 Å². The van der Waals surface area contributed by atoms with Crippen molar-refractivity contribution in [1.82, 2.24) is 19.9 Å². The van der Waals surface area contributed by atoms with Crippen LogP contribution < -0.4 is 5.32 Å². The zero-order valence-electron chi connectivity index (χ0n) is 6.99. The predicted octanol–water partition coefficient (Wildman–Crippen LogP) is 0.261. The lowest BCUT2D eigenvalue weighted by Gasteiger charge is -2.00. The monoisotopic (exact) mass is 195 g/mol. The van der Waals surface area contributed by atoms with Crippen molar-refractivity contribution >= 4 is 22.9 Å². The maximum absolute atomic E-state index is 11.9. The number of aromatic nitrogens is 4. The maximum atomic E-state index is 11.9. The van der Waals surface area contributed by atoms with Crippen LogP contribution in [-0.4, -0.2) is 32.5 Å². The first-order valence-corrected chi connectivity index (χ1v) is 3.81. The van der Waals surface area contributed by atoms with Crippen molar-refractivity contribution < 1.29 is 9.18 Å². The molecule has 0 aliphatic heterocycles. The van der Waals surface area contributed by atoms with Crippen LogP contribution >= 0.6 is 0 Å². The van der Waals surface area contributed by atoms with E-state index in [-0.39, 0.29) is 5.82 Å². The molecule has 0 fully saturated rings. The number of carbonyl (C=O) groups is 1. The topological polar surface area (TPSA) is 83.6 Å². The maximum Gasteiger partial charge on any atom is 0.256 e. The lowest BCUT2D eigenvalue weighted by Crippen LogP contribution is -2.14. The molecule has 0 saturated carbocycles. The van der Waals surface area contributed by atoms with Gasteiger partial charge >= 0.3 is 0 Å². The van der Waals surface area contributed by atoms with Crippen LogP contribution in [0.2, 0.25) is 0 Å². The second-order valence-corrected chi connectivity index (χ2v) is 2.51. The second-order valence-electron chi connectivity index (χ2n) is 2.51. The molecule has 0 aromatic carbocycles. The molecule has 72 valence electrons. The Bertz CT molecular complexity index is 468. The number of carbonyl (C=O) groups excluding carboxylic acids is 1. The van der Waals surface area contributed by atoms with E-state index in [4.69, 9.17) is 0 Å². The fraction of sp³-hybridized carbons (Fsp3) is 0.143. The van der Waals surface area contributed by atoms with E-state index in [2.05, 4.69) is 25.3 Å². The molecule has 14 heavy (non-hydrogen) atoms. The third-order valence-electron chi connectivity index (χ3n) is 1.60. The molecule has 0 aliphatic rings. The molecule has 0 unspecified atom stereocenters. The van der Waals surface area contributed by atoms with Gasteiger partial charge in [-0.15, -0.1) is 0 Å². The lowest BCUT2D eigenvalue weighted by atomic mass is 10.5. The Morgan fingerprint density at radius 1 is 1.50 bits per heavy atom. The van der Waals surface area contributed by atoms with Gasteiger partial charge in [0.2, 0.25) is 0 Å².